The maximum absolute atomic E-state index is 14.4. The fourth-order valence-corrected chi connectivity index (χ4v) is 4.55. The van der Waals surface area contributed by atoms with Gasteiger partial charge in [0, 0.05) is 57.9 Å². The van der Waals surface area contributed by atoms with Gasteiger partial charge in [-0.25, -0.2) is 0 Å². The molecule has 1 saturated heterocycles. The van der Waals surface area contributed by atoms with Crippen LogP contribution in [-0.2, 0) is 11.3 Å². The van der Waals surface area contributed by atoms with Crippen LogP contribution in [0.25, 0.3) is 10.9 Å². The third-order valence-electron chi connectivity index (χ3n) is 6.25. The number of rotatable bonds is 3. The lowest BCUT2D eigenvalue weighted by Gasteiger charge is -2.38. The minimum atomic E-state index is -0.179. The summed E-state index contributed by atoms with van der Waals surface area (Å²) < 4.78 is 16.5. The topological polar surface area (TPSA) is 43.8 Å². The maximum atomic E-state index is 14.4. The Hall–Kier alpha value is -2.80. The number of nitrogens with zero attached hydrogens (tertiary/aromatic N) is 4. The molecule has 2 aromatic rings. The largest absolute Gasteiger partial charge is 0.365 e. The fraction of sp³-hybridized carbons (Fsp3) is 0.409. The fourth-order valence-electron chi connectivity index (χ4n) is 4.55. The second kappa shape index (κ2) is 6.91. The van der Waals surface area contributed by atoms with Crippen LogP contribution < -0.4 is 5.32 Å². The lowest BCUT2D eigenvalue weighted by atomic mass is 10.1. The van der Waals surface area contributed by atoms with Gasteiger partial charge in [-0.1, -0.05) is 6.08 Å². The highest BCUT2D eigenvalue weighted by atomic mass is 19.1. The van der Waals surface area contributed by atoms with Crippen molar-refractivity contribution in [2.45, 2.75) is 19.5 Å². The van der Waals surface area contributed by atoms with E-state index < -0.39 is 0 Å². The van der Waals surface area contributed by atoms with Crippen molar-refractivity contribution in [3.8, 4) is 0 Å². The monoisotopic (exact) mass is 395 g/mol. The Bertz CT molecular complexity index is 1030. The number of likely N-dealkylation sites (N-methyl/N-ethyl adjacent to an activating group) is 1. The summed E-state index contributed by atoms with van der Waals surface area (Å²) in [5.74, 6) is -0.110. The number of benzene rings is 1. The lowest BCUT2D eigenvalue weighted by Crippen LogP contribution is -2.46. The average Bonchev–Trinajstić information content (AvgIpc) is 3.14. The summed E-state index contributed by atoms with van der Waals surface area (Å²) in [4.78, 5) is 18.4. The first kappa shape index (κ1) is 18.2. The predicted octanol–water partition coefficient (Wildman–Crippen LogP) is 2.91. The van der Waals surface area contributed by atoms with E-state index in [2.05, 4.69) is 33.3 Å². The summed E-state index contributed by atoms with van der Waals surface area (Å²) in [6.07, 6.45) is 5.90. The normalized spacial score (nSPS) is 22.6. The number of halogens is 1. The molecule has 0 spiro atoms. The summed E-state index contributed by atoms with van der Waals surface area (Å²) in [5.41, 5.74) is 3.88. The van der Waals surface area contributed by atoms with Crippen LogP contribution in [0.5, 0.6) is 0 Å². The number of carbonyl (C=O) groups excluding carboxylic acids is 1. The molecule has 0 bridgehead atoms. The number of hydrogen-bond acceptors (Lipinski definition) is 4. The molecule has 4 heterocycles. The molecule has 0 radical (unpaired) electrons. The molecule has 29 heavy (non-hydrogen) atoms. The first-order valence-electron chi connectivity index (χ1n) is 10.2. The summed E-state index contributed by atoms with van der Waals surface area (Å²) in [7, 11) is 1.78. The van der Waals surface area contributed by atoms with Crippen LogP contribution in [0.4, 0.5) is 10.1 Å². The molecule has 152 valence electrons. The van der Waals surface area contributed by atoms with E-state index in [0.29, 0.717) is 12.2 Å². The molecule has 1 atom stereocenters. The number of nitrogens with one attached hydrogen (secondary N) is 1. The van der Waals surface area contributed by atoms with Crippen LogP contribution in [0, 0.1) is 0 Å². The highest BCUT2D eigenvalue weighted by Gasteiger charge is 2.26. The van der Waals surface area contributed by atoms with Gasteiger partial charge in [0.05, 0.1) is 16.9 Å². The van der Waals surface area contributed by atoms with Crippen molar-refractivity contribution in [1.82, 2.24) is 19.3 Å². The van der Waals surface area contributed by atoms with Crippen LogP contribution in [-0.4, -0.2) is 64.9 Å². The zero-order chi connectivity index (χ0) is 20.1. The van der Waals surface area contributed by atoms with Crippen molar-refractivity contribution < 1.29 is 9.18 Å². The maximum Gasteiger partial charge on any atom is 0.247 e. The smallest absolute Gasteiger partial charge is 0.247 e. The quantitative estimate of drug-likeness (QED) is 0.812. The van der Waals surface area contributed by atoms with Gasteiger partial charge in [-0.05, 0) is 36.8 Å². The van der Waals surface area contributed by atoms with Crippen molar-refractivity contribution >= 4 is 22.5 Å². The van der Waals surface area contributed by atoms with Crippen molar-refractivity contribution in [3.05, 3.63) is 53.8 Å². The Morgan fingerprint density at radius 2 is 2.00 bits per heavy atom. The number of piperazine rings is 1. The molecule has 0 aliphatic carbocycles. The van der Waals surface area contributed by atoms with E-state index in [1.165, 1.54) is 5.56 Å². The molecule has 3 aliphatic rings. The van der Waals surface area contributed by atoms with E-state index in [9.17, 15) is 9.18 Å². The Kier molecular flexibility index (Phi) is 4.35. The Labute approximate surface area is 169 Å². The number of anilines is 1. The predicted molar refractivity (Wildman–Crippen MR) is 112 cm³/mol. The molecule has 6 nitrogen and oxygen atoms in total. The van der Waals surface area contributed by atoms with Gasteiger partial charge in [0.15, 0.2) is 0 Å². The van der Waals surface area contributed by atoms with Gasteiger partial charge in [-0.15, -0.1) is 0 Å². The van der Waals surface area contributed by atoms with E-state index in [0.717, 1.165) is 49.3 Å². The van der Waals surface area contributed by atoms with E-state index >= 15 is 0 Å². The SMILES string of the molecule is C[C@@H]1C(=O)Nc2cc(CN3CCN(C4=C(F)N(C)CC=C4)CC3)cc3ccn1c23. The van der Waals surface area contributed by atoms with Crippen LogP contribution in [0.15, 0.2) is 48.2 Å². The number of hydrogen-bond donors (Lipinski definition) is 1. The molecule has 7 heteroatoms. The molecule has 1 fully saturated rings. The van der Waals surface area contributed by atoms with Crippen LogP contribution in [0.1, 0.15) is 18.5 Å². The third kappa shape index (κ3) is 3.09. The Balaban J connectivity index is 1.30. The van der Waals surface area contributed by atoms with Gasteiger partial charge in [-0.3, -0.25) is 9.69 Å². The summed E-state index contributed by atoms with van der Waals surface area (Å²) >= 11 is 0. The van der Waals surface area contributed by atoms with Gasteiger partial charge in [0.1, 0.15) is 6.04 Å². The second-order valence-electron chi connectivity index (χ2n) is 8.19. The van der Waals surface area contributed by atoms with Gasteiger partial charge < -0.3 is 19.7 Å². The van der Waals surface area contributed by atoms with E-state index in [1.54, 1.807) is 11.9 Å². The first-order chi connectivity index (χ1) is 14.0. The summed E-state index contributed by atoms with van der Waals surface area (Å²) in [6.45, 7) is 6.74. The van der Waals surface area contributed by atoms with Gasteiger partial charge >= 0.3 is 0 Å². The highest BCUT2D eigenvalue weighted by Crippen LogP contribution is 2.34. The molecule has 1 amide bonds. The molecule has 0 saturated carbocycles. The van der Waals surface area contributed by atoms with E-state index in [1.807, 2.05) is 29.8 Å². The van der Waals surface area contributed by atoms with Crippen molar-refractivity contribution in [1.29, 1.82) is 0 Å². The highest BCUT2D eigenvalue weighted by molar-refractivity contribution is 6.06. The molecule has 3 aliphatic heterocycles. The number of carbonyl (C=O) groups is 1. The van der Waals surface area contributed by atoms with Gasteiger partial charge in [0.2, 0.25) is 11.9 Å². The van der Waals surface area contributed by atoms with Crippen molar-refractivity contribution in [2.24, 2.45) is 0 Å². The molecule has 0 unspecified atom stereocenters. The molecule has 1 aromatic heterocycles. The number of aromatic nitrogens is 1. The van der Waals surface area contributed by atoms with Gasteiger partial charge in [0.25, 0.3) is 0 Å². The third-order valence-corrected chi connectivity index (χ3v) is 6.25. The average molecular weight is 395 g/mol. The van der Waals surface area contributed by atoms with E-state index in [-0.39, 0.29) is 17.9 Å². The number of amides is 1. The zero-order valence-corrected chi connectivity index (χ0v) is 16.9. The second-order valence-corrected chi connectivity index (χ2v) is 8.19. The van der Waals surface area contributed by atoms with Gasteiger partial charge in [-0.2, -0.15) is 4.39 Å². The van der Waals surface area contributed by atoms with Crippen LogP contribution in [0.3, 0.4) is 0 Å². The minimum Gasteiger partial charge on any atom is -0.365 e. The van der Waals surface area contributed by atoms with E-state index in [4.69, 9.17) is 0 Å². The minimum absolute atomic E-state index is 0.0292. The molecule has 1 aromatic carbocycles. The Morgan fingerprint density at radius 1 is 1.21 bits per heavy atom. The first-order valence-corrected chi connectivity index (χ1v) is 10.2. The zero-order valence-electron chi connectivity index (χ0n) is 16.9. The lowest BCUT2D eigenvalue weighted by molar-refractivity contribution is -0.118. The standard InChI is InChI=1S/C22H26FN5O/c1-15-22(29)24-18-13-16(12-17-5-7-28(15)20(17)18)14-26-8-10-27(11-9-26)19-4-3-6-25(2)21(19)23/h3-5,7,12-13,15H,6,8-11,14H2,1-2H3,(H,24,29)/t15-/m1/s1. The molecular weight excluding hydrogens is 369 g/mol. The van der Waals surface area contributed by atoms with Crippen molar-refractivity contribution in [2.75, 3.05) is 45.1 Å². The summed E-state index contributed by atoms with van der Waals surface area (Å²) in [6, 6.07) is 6.21. The van der Waals surface area contributed by atoms with Crippen LogP contribution >= 0.6 is 0 Å². The van der Waals surface area contributed by atoms with Crippen LogP contribution in [0.2, 0.25) is 0 Å². The van der Waals surface area contributed by atoms with Crippen molar-refractivity contribution in [3.63, 3.8) is 0 Å². The number of allylic oxidation sites excluding steroid dienone is 1. The molecular formula is C22H26FN5O. The Morgan fingerprint density at radius 3 is 2.79 bits per heavy atom. The molecule has 1 N–H and O–H groups in total. The summed E-state index contributed by atoms with van der Waals surface area (Å²) in [5, 5.41) is 4.21. The molecule has 5 rings (SSSR count).